The van der Waals surface area contributed by atoms with Gasteiger partial charge in [0.25, 0.3) is 0 Å². The van der Waals surface area contributed by atoms with Crippen LogP contribution in [0.4, 0.5) is 0 Å². The largest absolute Gasteiger partial charge is 0.357 e. The molecule has 0 saturated heterocycles. The van der Waals surface area contributed by atoms with E-state index in [1.807, 2.05) is 28.8 Å². The molecule has 2 N–H and O–H groups in total. The average molecular weight is 314 g/mol. The Morgan fingerprint density at radius 1 is 1.26 bits per heavy atom. The molecule has 0 radical (unpaired) electrons. The predicted molar refractivity (Wildman–Crippen MR) is 92.4 cm³/mol. The molecule has 2 aromatic heterocycles. The Kier molecular flexibility index (Phi) is 5.10. The lowest BCUT2D eigenvalue weighted by Gasteiger charge is -2.28. The Morgan fingerprint density at radius 2 is 2.09 bits per heavy atom. The van der Waals surface area contributed by atoms with Crippen molar-refractivity contribution in [2.24, 2.45) is 10.9 Å². The highest BCUT2D eigenvalue weighted by Gasteiger charge is 2.18. The second kappa shape index (κ2) is 7.44. The highest BCUT2D eigenvalue weighted by atomic mass is 15.3. The van der Waals surface area contributed by atoms with Crippen LogP contribution in [0.2, 0.25) is 0 Å². The summed E-state index contributed by atoms with van der Waals surface area (Å²) in [6.07, 6.45) is 7.01. The zero-order valence-corrected chi connectivity index (χ0v) is 14.0. The summed E-state index contributed by atoms with van der Waals surface area (Å²) in [5, 5.41) is 15.3. The molecule has 1 fully saturated rings. The molecule has 2 heterocycles. The van der Waals surface area contributed by atoms with Gasteiger partial charge in [-0.05, 0) is 50.7 Å². The maximum absolute atomic E-state index is 4.69. The first kappa shape index (κ1) is 15.8. The van der Waals surface area contributed by atoms with Crippen LogP contribution in [0.15, 0.2) is 29.4 Å². The number of rotatable bonds is 4. The van der Waals surface area contributed by atoms with Crippen molar-refractivity contribution in [2.75, 3.05) is 6.54 Å². The van der Waals surface area contributed by atoms with Gasteiger partial charge in [-0.2, -0.15) is 0 Å². The number of hydrogen-bond donors (Lipinski definition) is 2. The summed E-state index contributed by atoms with van der Waals surface area (Å²) in [6.45, 7) is 5.80. The first-order chi connectivity index (χ1) is 11.3. The molecule has 0 unspecified atom stereocenters. The maximum atomic E-state index is 4.69. The van der Waals surface area contributed by atoms with Crippen LogP contribution in [0.1, 0.15) is 45.4 Å². The minimum Gasteiger partial charge on any atom is -0.357 e. The molecule has 0 bridgehead atoms. The number of aromatic nitrogens is 3. The maximum Gasteiger partial charge on any atom is 0.191 e. The van der Waals surface area contributed by atoms with Crippen LogP contribution in [0.5, 0.6) is 0 Å². The summed E-state index contributed by atoms with van der Waals surface area (Å²) in [7, 11) is 0. The zero-order valence-electron chi connectivity index (χ0n) is 14.0. The van der Waals surface area contributed by atoms with E-state index in [1.54, 1.807) is 0 Å². The van der Waals surface area contributed by atoms with Gasteiger partial charge < -0.3 is 10.6 Å². The molecule has 0 amide bonds. The molecular weight excluding hydrogens is 288 g/mol. The Morgan fingerprint density at radius 3 is 2.87 bits per heavy atom. The fourth-order valence-corrected chi connectivity index (χ4v) is 3.07. The van der Waals surface area contributed by atoms with E-state index in [1.165, 1.54) is 25.7 Å². The summed E-state index contributed by atoms with van der Waals surface area (Å²) >= 11 is 0. The van der Waals surface area contributed by atoms with Crippen molar-refractivity contribution in [1.29, 1.82) is 0 Å². The molecule has 23 heavy (non-hydrogen) atoms. The SMILES string of the molecule is CCNC(=NCc1nnc2ccccn12)NC1CCC(C)CC1. The molecule has 1 aliphatic rings. The molecule has 6 heteroatoms. The Balaban J connectivity index is 1.66. The van der Waals surface area contributed by atoms with E-state index in [0.717, 1.165) is 29.9 Å². The number of nitrogens with one attached hydrogen (secondary N) is 2. The second-order valence-electron chi connectivity index (χ2n) is 6.34. The first-order valence-electron chi connectivity index (χ1n) is 8.59. The number of aliphatic imine (C=N–C) groups is 1. The van der Waals surface area contributed by atoms with E-state index >= 15 is 0 Å². The summed E-state index contributed by atoms with van der Waals surface area (Å²) < 4.78 is 1.98. The molecule has 6 nitrogen and oxygen atoms in total. The average Bonchev–Trinajstić information content (AvgIpc) is 2.98. The Labute approximate surface area is 137 Å². The molecular formula is C17H26N6. The van der Waals surface area contributed by atoms with Gasteiger partial charge in [-0.3, -0.25) is 4.40 Å². The second-order valence-corrected chi connectivity index (χ2v) is 6.34. The van der Waals surface area contributed by atoms with Crippen molar-refractivity contribution in [3.63, 3.8) is 0 Å². The van der Waals surface area contributed by atoms with Crippen LogP contribution in [-0.2, 0) is 6.54 Å². The van der Waals surface area contributed by atoms with E-state index in [9.17, 15) is 0 Å². The van der Waals surface area contributed by atoms with Gasteiger partial charge in [0.1, 0.15) is 6.54 Å². The predicted octanol–water partition coefficient (Wildman–Crippen LogP) is 2.36. The van der Waals surface area contributed by atoms with Gasteiger partial charge in [0.15, 0.2) is 17.4 Å². The van der Waals surface area contributed by atoms with Crippen molar-refractivity contribution >= 4 is 11.6 Å². The summed E-state index contributed by atoms with van der Waals surface area (Å²) in [6, 6.07) is 6.43. The molecule has 0 aliphatic heterocycles. The van der Waals surface area contributed by atoms with Gasteiger partial charge in [-0.25, -0.2) is 4.99 Å². The van der Waals surface area contributed by atoms with Crippen molar-refractivity contribution in [1.82, 2.24) is 25.2 Å². The number of nitrogens with zero attached hydrogens (tertiary/aromatic N) is 4. The van der Waals surface area contributed by atoms with Crippen molar-refractivity contribution in [2.45, 2.75) is 52.1 Å². The van der Waals surface area contributed by atoms with Crippen LogP contribution in [0.3, 0.4) is 0 Å². The number of fused-ring (bicyclic) bond motifs is 1. The smallest absolute Gasteiger partial charge is 0.191 e. The molecule has 3 rings (SSSR count). The normalized spacial score (nSPS) is 22.3. The van der Waals surface area contributed by atoms with Crippen molar-refractivity contribution in [3.8, 4) is 0 Å². The van der Waals surface area contributed by atoms with E-state index in [2.05, 4.69) is 34.7 Å². The quantitative estimate of drug-likeness (QED) is 0.671. The van der Waals surface area contributed by atoms with E-state index in [-0.39, 0.29) is 0 Å². The van der Waals surface area contributed by atoms with Crippen LogP contribution < -0.4 is 10.6 Å². The van der Waals surface area contributed by atoms with Crippen LogP contribution in [0, 0.1) is 5.92 Å². The van der Waals surface area contributed by atoms with Crippen molar-refractivity contribution in [3.05, 3.63) is 30.2 Å². The highest BCUT2D eigenvalue weighted by molar-refractivity contribution is 5.80. The first-order valence-corrected chi connectivity index (χ1v) is 8.59. The number of hydrogen-bond acceptors (Lipinski definition) is 3. The minimum atomic E-state index is 0.517. The zero-order chi connectivity index (χ0) is 16.1. The Bertz CT molecular complexity index is 654. The number of guanidine groups is 1. The lowest BCUT2D eigenvalue weighted by molar-refractivity contribution is 0.329. The molecule has 0 aromatic carbocycles. The summed E-state index contributed by atoms with van der Waals surface area (Å²) in [5.41, 5.74) is 0.858. The lowest BCUT2D eigenvalue weighted by atomic mass is 9.87. The third-order valence-corrected chi connectivity index (χ3v) is 4.46. The van der Waals surface area contributed by atoms with Crippen LogP contribution in [0.25, 0.3) is 5.65 Å². The number of pyridine rings is 1. The standard InChI is InChI=1S/C17H26N6/c1-3-18-17(20-14-9-7-13(2)8-10-14)19-12-16-22-21-15-6-4-5-11-23(15)16/h4-6,11,13-14H,3,7-10,12H2,1-2H3,(H2,18,19,20). The van der Waals surface area contributed by atoms with Gasteiger partial charge in [0.2, 0.25) is 0 Å². The third-order valence-electron chi connectivity index (χ3n) is 4.46. The molecule has 0 spiro atoms. The fraction of sp³-hybridized carbons (Fsp3) is 0.588. The summed E-state index contributed by atoms with van der Waals surface area (Å²) in [5.74, 6) is 2.59. The van der Waals surface area contributed by atoms with E-state index in [4.69, 9.17) is 4.99 Å². The van der Waals surface area contributed by atoms with E-state index < -0.39 is 0 Å². The van der Waals surface area contributed by atoms with Gasteiger partial charge in [0.05, 0.1) is 0 Å². The van der Waals surface area contributed by atoms with Gasteiger partial charge >= 0.3 is 0 Å². The van der Waals surface area contributed by atoms with Gasteiger partial charge in [-0.1, -0.05) is 13.0 Å². The highest BCUT2D eigenvalue weighted by Crippen LogP contribution is 2.23. The monoisotopic (exact) mass is 314 g/mol. The molecule has 1 aliphatic carbocycles. The molecule has 1 saturated carbocycles. The van der Waals surface area contributed by atoms with E-state index in [0.29, 0.717) is 12.6 Å². The third kappa shape index (κ3) is 4.00. The molecule has 2 aromatic rings. The van der Waals surface area contributed by atoms with Crippen LogP contribution in [-0.4, -0.2) is 33.1 Å². The van der Waals surface area contributed by atoms with Crippen LogP contribution >= 0.6 is 0 Å². The van der Waals surface area contributed by atoms with Gasteiger partial charge in [-0.15, -0.1) is 10.2 Å². The topological polar surface area (TPSA) is 66.6 Å². The molecule has 124 valence electrons. The minimum absolute atomic E-state index is 0.517. The van der Waals surface area contributed by atoms with Gasteiger partial charge in [0, 0.05) is 18.8 Å². The fourth-order valence-electron chi connectivity index (χ4n) is 3.07. The molecule has 0 atom stereocenters. The summed E-state index contributed by atoms with van der Waals surface area (Å²) in [4.78, 5) is 4.69. The van der Waals surface area contributed by atoms with Crippen molar-refractivity contribution < 1.29 is 0 Å². The Hall–Kier alpha value is -2.11. The lowest BCUT2D eigenvalue weighted by Crippen LogP contribution is -2.44.